The minimum atomic E-state index is -0.269. The Hall–Kier alpha value is -1.92. The second kappa shape index (κ2) is 10.9. The molecule has 0 aliphatic heterocycles. The van der Waals surface area contributed by atoms with Crippen LogP contribution in [0.15, 0.2) is 0 Å². The first-order valence-corrected chi connectivity index (χ1v) is 10.0. The van der Waals surface area contributed by atoms with Gasteiger partial charge in [-0.3, -0.25) is 14.4 Å². The van der Waals surface area contributed by atoms with E-state index in [2.05, 4.69) is 37.2 Å². The number of ether oxygens (including phenoxy) is 3. The van der Waals surface area contributed by atoms with E-state index in [-0.39, 0.29) is 53.8 Å². The van der Waals surface area contributed by atoms with Gasteiger partial charge in [0.15, 0.2) is 0 Å². The number of Topliss-reactive ketones (excluding diaryl/α,β-unsaturated/α-hetero) is 1. The van der Waals surface area contributed by atoms with Gasteiger partial charge >= 0.3 is 17.9 Å². The van der Waals surface area contributed by atoms with Crippen molar-refractivity contribution in [2.75, 3.05) is 20.8 Å². The van der Waals surface area contributed by atoms with Gasteiger partial charge in [-0.15, -0.1) is 0 Å². The van der Waals surface area contributed by atoms with E-state index in [9.17, 15) is 19.2 Å². The molecule has 174 valence electrons. The molecule has 30 heavy (non-hydrogen) atoms. The maximum Gasteiger partial charge on any atom is 0.305 e. The molecule has 0 aromatic heterocycles. The summed E-state index contributed by atoms with van der Waals surface area (Å²) < 4.78 is 14.2. The van der Waals surface area contributed by atoms with Gasteiger partial charge in [-0.25, -0.2) is 0 Å². The fraction of sp³-hybridized carbons (Fsp3) is 0.826. The van der Waals surface area contributed by atoms with E-state index in [1.807, 2.05) is 0 Å². The Bertz CT molecular complexity index is 635. The summed E-state index contributed by atoms with van der Waals surface area (Å²) >= 11 is 0. The molecule has 0 heterocycles. The van der Waals surface area contributed by atoms with E-state index in [4.69, 9.17) is 4.74 Å². The standard InChI is InChI=1S/C11H18O4.C11H18O3.CH4/c1-7(12)15-6-9-8(11(9,2)3)5-10(13)14-4;1-7(12)5-8-9(11(8,2)3)6-10(13)14-4;/h8-9H,5-6H2,1-4H3;8-9H,5-6H2,1-4H3;1H4/t8-,9?;8?,9-;/m11./s1. The van der Waals surface area contributed by atoms with Crippen LogP contribution in [-0.2, 0) is 33.4 Å². The Morgan fingerprint density at radius 3 is 1.43 bits per heavy atom. The van der Waals surface area contributed by atoms with Crippen molar-refractivity contribution in [3.8, 4) is 0 Å². The summed E-state index contributed by atoms with van der Waals surface area (Å²) in [6, 6.07) is 0. The summed E-state index contributed by atoms with van der Waals surface area (Å²) in [5, 5.41) is 0. The first-order chi connectivity index (χ1) is 13.3. The lowest BCUT2D eigenvalue weighted by molar-refractivity contribution is -0.142. The minimum absolute atomic E-state index is 0. The fourth-order valence-corrected chi connectivity index (χ4v) is 4.30. The Morgan fingerprint density at radius 2 is 1.07 bits per heavy atom. The molecule has 0 aromatic carbocycles. The van der Waals surface area contributed by atoms with Gasteiger partial charge in [0.2, 0.25) is 0 Å². The molecule has 2 aliphatic rings. The van der Waals surface area contributed by atoms with Crippen molar-refractivity contribution in [1.29, 1.82) is 0 Å². The number of carbonyl (C=O) groups excluding carboxylic acids is 4. The molecule has 0 saturated heterocycles. The van der Waals surface area contributed by atoms with Crippen molar-refractivity contribution in [3.63, 3.8) is 0 Å². The summed E-state index contributed by atoms with van der Waals surface area (Å²) in [4.78, 5) is 43.8. The van der Waals surface area contributed by atoms with Gasteiger partial charge in [0.25, 0.3) is 0 Å². The molecule has 2 saturated carbocycles. The molecule has 2 rings (SSSR count). The van der Waals surface area contributed by atoms with Crippen molar-refractivity contribution in [1.82, 2.24) is 0 Å². The Labute approximate surface area is 181 Å². The van der Waals surface area contributed by atoms with Gasteiger partial charge in [0.1, 0.15) is 5.78 Å². The molecule has 4 atom stereocenters. The number of methoxy groups -OCH3 is 2. The minimum Gasteiger partial charge on any atom is -0.469 e. The molecule has 0 spiro atoms. The zero-order chi connectivity index (χ0) is 22.6. The number of ketones is 1. The Morgan fingerprint density at radius 1 is 0.700 bits per heavy atom. The van der Waals surface area contributed by atoms with Crippen LogP contribution in [0.25, 0.3) is 0 Å². The second-order valence-corrected chi connectivity index (χ2v) is 9.34. The van der Waals surface area contributed by atoms with E-state index < -0.39 is 0 Å². The largest absolute Gasteiger partial charge is 0.469 e. The van der Waals surface area contributed by atoms with E-state index in [1.165, 1.54) is 21.1 Å². The van der Waals surface area contributed by atoms with E-state index in [1.54, 1.807) is 6.92 Å². The zero-order valence-electron chi connectivity index (χ0n) is 19.0. The quantitative estimate of drug-likeness (QED) is 0.428. The molecular weight excluding hydrogens is 388 g/mol. The smallest absolute Gasteiger partial charge is 0.305 e. The van der Waals surface area contributed by atoms with Gasteiger partial charge < -0.3 is 19.0 Å². The van der Waals surface area contributed by atoms with Gasteiger partial charge in [0.05, 0.1) is 20.8 Å². The highest BCUT2D eigenvalue weighted by Gasteiger charge is 2.59. The summed E-state index contributed by atoms with van der Waals surface area (Å²) in [5.74, 6) is 0.792. The summed E-state index contributed by atoms with van der Waals surface area (Å²) in [5.41, 5.74) is 0.198. The molecule has 2 unspecified atom stereocenters. The Balaban J connectivity index is 0.000000544. The fourth-order valence-electron chi connectivity index (χ4n) is 4.30. The molecule has 7 heteroatoms. The van der Waals surface area contributed by atoms with Crippen LogP contribution >= 0.6 is 0 Å². The lowest BCUT2D eigenvalue weighted by atomic mass is 10.1. The highest BCUT2D eigenvalue weighted by molar-refractivity contribution is 5.77. The van der Waals surface area contributed by atoms with E-state index in [0.717, 1.165) is 0 Å². The summed E-state index contributed by atoms with van der Waals surface area (Å²) in [6.45, 7) is 11.8. The molecule has 0 radical (unpaired) electrons. The monoisotopic (exact) mass is 428 g/mol. The highest BCUT2D eigenvalue weighted by atomic mass is 16.5. The molecule has 0 aromatic rings. The van der Waals surface area contributed by atoms with Crippen molar-refractivity contribution in [3.05, 3.63) is 0 Å². The van der Waals surface area contributed by atoms with E-state index in [0.29, 0.717) is 37.7 Å². The number of esters is 3. The third kappa shape index (κ3) is 7.40. The van der Waals surface area contributed by atoms with Crippen molar-refractivity contribution < 1.29 is 33.4 Å². The zero-order valence-corrected chi connectivity index (χ0v) is 19.0. The maximum atomic E-state index is 11.1. The predicted octanol–water partition coefficient (Wildman–Crippen LogP) is 3.82. The molecule has 0 N–H and O–H groups in total. The maximum absolute atomic E-state index is 11.1. The number of hydrogen-bond acceptors (Lipinski definition) is 7. The lowest BCUT2D eigenvalue weighted by Gasteiger charge is -2.02. The molecule has 2 aliphatic carbocycles. The van der Waals surface area contributed by atoms with Crippen molar-refractivity contribution in [2.45, 2.75) is 68.2 Å². The van der Waals surface area contributed by atoms with Crippen LogP contribution in [0.2, 0.25) is 0 Å². The SMILES string of the molecule is C.COC(=O)C[C@@H]1C(CC(C)=O)C1(C)C.COC(=O)C[C@@H]1C(COC(C)=O)C1(C)C. The average Bonchev–Trinajstić information content (AvgIpc) is 3.34. The molecule has 7 nitrogen and oxygen atoms in total. The average molecular weight is 429 g/mol. The van der Waals surface area contributed by atoms with Crippen molar-refractivity contribution >= 4 is 23.7 Å². The van der Waals surface area contributed by atoms with Gasteiger partial charge in [-0.05, 0) is 35.5 Å². The van der Waals surface area contributed by atoms with Crippen LogP contribution in [0.5, 0.6) is 0 Å². The van der Waals surface area contributed by atoms with Gasteiger partial charge in [-0.2, -0.15) is 0 Å². The van der Waals surface area contributed by atoms with Crippen LogP contribution in [0.1, 0.15) is 68.2 Å². The number of hydrogen-bond donors (Lipinski definition) is 0. The van der Waals surface area contributed by atoms with Crippen LogP contribution in [0, 0.1) is 34.5 Å². The molecule has 0 amide bonds. The number of carbonyl (C=O) groups is 4. The normalized spacial score (nSPS) is 26.7. The van der Waals surface area contributed by atoms with Crippen LogP contribution in [-0.4, -0.2) is 44.5 Å². The third-order valence-corrected chi connectivity index (χ3v) is 6.78. The van der Waals surface area contributed by atoms with Crippen LogP contribution in [0.4, 0.5) is 0 Å². The number of rotatable bonds is 8. The molecule has 0 bridgehead atoms. The lowest BCUT2D eigenvalue weighted by Crippen LogP contribution is -2.06. The van der Waals surface area contributed by atoms with Crippen LogP contribution in [0.3, 0.4) is 0 Å². The van der Waals surface area contributed by atoms with Crippen LogP contribution < -0.4 is 0 Å². The first kappa shape index (κ1) is 28.1. The predicted molar refractivity (Wildman–Crippen MR) is 113 cm³/mol. The summed E-state index contributed by atoms with van der Waals surface area (Å²) in [6.07, 6.45) is 1.45. The van der Waals surface area contributed by atoms with Gasteiger partial charge in [0, 0.05) is 32.1 Å². The van der Waals surface area contributed by atoms with Gasteiger partial charge in [-0.1, -0.05) is 35.1 Å². The highest BCUT2D eigenvalue weighted by Crippen LogP contribution is 2.61. The van der Waals surface area contributed by atoms with E-state index >= 15 is 0 Å². The second-order valence-electron chi connectivity index (χ2n) is 9.34. The Kier molecular flexibility index (Phi) is 10.2. The molecular formula is C23H40O7. The van der Waals surface area contributed by atoms with Crippen molar-refractivity contribution in [2.24, 2.45) is 34.5 Å². The first-order valence-electron chi connectivity index (χ1n) is 10.0. The summed E-state index contributed by atoms with van der Waals surface area (Å²) in [7, 11) is 2.79. The molecule has 2 fully saturated rings. The third-order valence-electron chi connectivity index (χ3n) is 6.78. The topological polar surface area (TPSA) is 96.0 Å².